The molecule has 94 valence electrons. The molecule has 1 aliphatic carbocycles. The van der Waals surface area contributed by atoms with Gasteiger partial charge in [0.1, 0.15) is 0 Å². The fourth-order valence-corrected chi connectivity index (χ4v) is 2.44. The lowest BCUT2D eigenvalue weighted by Crippen LogP contribution is -2.05. The molecule has 0 atom stereocenters. The molecule has 1 heterocycles. The van der Waals surface area contributed by atoms with Crippen LogP contribution in [0.1, 0.15) is 35.6 Å². The first-order chi connectivity index (χ1) is 8.70. The van der Waals surface area contributed by atoms with Crippen molar-refractivity contribution >= 4 is 11.6 Å². The Morgan fingerprint density at radius 1 is 1.44 bits per heavy atom. The molecule has 3 rings (SSSR count). The summed E-state index contributed by atoms with van der Waals surface area (Å²) in [5.41, 5.74) is 10.3. The Balaban J connectivity index is 2.10. The van der Waals surface area contributed by atoms with Crippen molar-refractivity contribution in [1.29, 1.82) is 0 Å². The number of aryl methyl sites for hydroxylation is 1. The van der Waals surface area contributed by atoms with Gasteiger partial charge < -0.3 is 5.73 Å². The number of hydrogen-bond acceptors (Lipinski definition) is 2. The molecule has 0 aliphatic heterocycles. The molecule has 3 nitrogen and oxygen atoms in total. The zero-order chi connectivity index (χ0) is 12.7. The molecule has 1 aromatic carbocycles. The van der Waals surface area contributed by atoms with Gasteiger partial charge in [-0.2, -0.15) is 5.10 Å². The van der Waals surface area contributed by atoms with E-state index in [0.29, 0.717) is 12.5 Å². The molecule has 1 saturated carbocycles. The van der Waals surface area contributed by atoms with Crippen LogP contribution in [-0.2, 0) is 6.54 Å². The van der Waals surface area contributed by atoms with E-state index in [1.807, 2.05) is 29.9 Å². The second-order valence-corrected chi connectivity index (χ2v) is 5.29. The summed E-state index contributed by atoms with van der Waals surface area (Å²) < 4.78 is 1.99. The average Bonchev–Trinajstić information content (AvgIpc) is 3.12. The minimum absolute atomic E-state index is 0.547. The lowest BCUT2D eigenvalue weighted by atomic mass is 10.1. The van der Waals surface area contributed by atoms with Crippen LogP contribution in [-0.4, -0.2) is 9.78 Å². The van der Waals surface area contributed by atoms with Crippen LogP contribution in [0, 0.1) is 6.92 Å². The summed E-state index contributed by atoms with van der Waals surface area (Å²) in [5, 5.41) is 5.24. The summed E-state index contributed by atoms with van der Waals surface area (Å²) >= 11 is 6.19. The van der Waals surface area contributed by atoms with Crippen molar-refractivity contribution in [2.75, 3.05) is 0 Å². The molecule has 0 radical (unpaired) electrons. The van der Waals surface area contributed by atoms with Crippen molar-refractivity contribution in [3.05, 3.63) is 46.2 Å². The third-order valence-electron chi connectivity index (χ3n) is 3.47. The molecule has 2 N–H and O–H groups in total. The Morgan fingerprint density at radius 2 is 2.22 bits per heavy atom. The maximum absolute atomic E-state index is 6.19. The van der Waals surface area contributed by atoms with E-state index in [2.05, 4.69) is 11.2 Å². The first kappa shape index (κ1) is 11.8. The topological polar surface area (TPSA) is 43.8 Å². The second kappa shape index (κ2) is 4.41. The van der Waals surface area contributed by atoms with Crippen LogP contribution >= 0.6 is 11.6 Å². The molecule has 2 aromatic rings. The van der Waals surface area contributed by atoms with Gasteiger partial charge in [-0.1, -0.05) is 17.7 Å². The van der Waals surface area contributed by atoms with E-state index in [9.17, 15) is 0 Å². The van der Waals surface area contributed by atoms with Crippen molar-refractivity contribution < 1.29 is 0 Å². The SMILES string of the molecule is Cc1ccc(-n2ncc(CN)c2C2CC2)cc1Cl. The summed E-state index contributed by atoms with van der Waals surface area (Å²) in [4.78, 5) is 0. The number of halogens is 1. The van der Waals surface area contributed by atoms with Crippen molar-refractivity contribution in [1.82, 2.24) is 9.78 Å². The van der Waals surface area contributed by atoms with Crippen LogP contribution in [0.3, 0.4) is 0 Å². The number of nitrogens with two attached hydrogens (primary N) is 1. The first-order valence-electron chi connectivity index (χ1n) is 6.24. The number of benzene rings is 1. The van der Waals surface area contributed by atoms with Crippen molar-refractivity contribution in [3.63, 3.8) is 0 Å². The quantitative estimate of drug-likeness (QED) is 0.922. The van der Waals surface area contributed by atoms with Gasteiger partial charge in [0, 0.05) is 23.0 Å². The number of aromatic nitrogens is 2. The maximum atomic E-state index is 6.19. The van der Waals surface area contributed by atoms with E-state index < -0.39 is 0 Å². The summed E-state index contributed by atoms with van der Waals surface area (Å²) in [5.74, 6) is 0.617. The molecule has 4 heteroatoms. The third kappa shape index (κ3) is 1.93. The summed E-state index contributed by atoms with van der Waals surface area (Å²) in [7, 11) is 0. The maximum Gasteiger partial charge on any atom is 0.0664 e. The van der Waals surface area contributed by atoms with Crippen LogP contribution < -0.4 is 5.73 Å². The van der Waals surface area contributed by atoms with Crippen LogP contribution in [0.15, 0.2) is 24.4 Å². The molecule has 0 saturated heterocycles. The molecule has 0 bridgehead atoms. The molecular formula is C14H16ClN3. The molecule has 18 heavy (non-hydrogen) atoms. The standard InChI is InChI=1S/C14H16ClN3/c1-9-2-5-12(6-13(9)15)18-14(10-3-4-10)11(7-16)8-17-18/h2,5-6,8,10H,3-4,7,16H2,1H3. The van der Waals surface area contributed by atoms with Gasteiger partial charge in [0.05, 0.1) is 17.6 Å². The summed E-state index contributed by atoms with van der Waals surface area (Å²) in [6, 6.07) is 6.05. The Bertz CT molecular complexity index is 585. The van der Waals surface area contributed by atoms with E-state index in [1.165, 1.54) is 18.5 Å². The van der Waals surface area contributed by atoms with E-state index in [1.54, 1.807) is 0 Å². The second-order valence-electron chi connectivity index (χ2n) is 4.88. The Hall–Kier alpha value is -1.32. The summed E-state index contributed by atoms with van der Waals surface area (Å²) in [6.45, 7) is 2.55. The van der Waals surface area contributed by atoms with Crippen molar-refractivity contribution in [2.45, 2.75) is 32.2 Å². The average molecular weight is 262 g/mol. The van der Waals surface area contributed by atoms with Gasteiger partial charge in [-0.05, 0) is 37.5 Å². The highest BCUT2D eigenvalue weighted by molar-refractivity contribution is 6.31. The highest BCUT2D eigenvalue weighted by atomic mass is 35.5. The zero-order valence-electron chi connectivity index (χ0n) is 10.4. The van der Waals surface area contributed by atoms with Gasteiger partial charge in [-0.3, -0.25) is 0 Å². The number of rotatable bonds is 3. The minimum atomic E-state index is 0.547. The van der Waals surface area contributed by atoms with Crippen LogP contribution in [0.5, 0.6) is 0 Å². The molecule has 1 fully saturated rings. The molecule has 0 unspecified atom stereocenters. The van der Waals surface area contributed by atoms with E-state index in [-0.39, 0.29) is 0 Å². The fraction of sp³-hybridized carbons (Fsp3) is 0.357. The van der Waals surface area contributed by atoms with Gasteiger partial charge >= 0.3 is 0 Å². The Labute approximate surface area is 112 Å². The zero-order valence-corrected chi connectivity index (χ0v) is 11.1. The fourth-order valence-electron chi connectivity index (χ4n) is 2.26. The van der Waals surface area contributed by atoms with Gasteiger partial charge in [-0.15, -0.1) is 0 Å². The van der Waals surface area contributed by atoms with E-state index in [0.717, 1.165) is 21.8 Å². The lowest BCUT2D eigenvalue weighted by Gasteiger charge is -2.09. The highest BCUT2D eigenvalue weighted by Crippen LogP contribution is 2.42. The van der Waals surface area contributed by atoms with Crippen LogP contribution in [0.2, 0.25) is 5.02 Å². The van der Waals surface area contributed by atoms with E-state index in [4.69, 9.17) is 17.3 Å². The Kier molecular flexibility index (Phi) is 2.88. The number of nitrogens with zero attached hydrogens (tertiary/aromatic N) is 2. The number of hydrogen-bond donors (Lipinski definition) is 1. The van der Waals surface area contributed by atoms with Crippen molar-refractivity contribution in [3.8, 4) is 5.69 Å². The van der Waals surface area contributed by atoms with Crippen LogP contribution in [0.4, 0.5) is 0 Å². The predicted octanol–water partition coefficient (Wildman–Crippen LogP) is 3.17. The lowest BCUT2D eigenvalue weighted by molar-refractivity contribution is 0.801. The van der Waals surface area contributed by atoms with Gasteiger partial charge in [0.15, 0.2) is 0 Å². The largest absolute Gasteiger partial charge is 0.326 e. The van der Waals surface area contributed by atoms with Crippen molar-refractivity contribution in [2.24, 2.45) is 5.73 Å². The summed E-state index contributed by atoms with van der Waals surface area (Å²) in [6.07, 6.45) is 4.35. The van der Waals surface area contributed by atoms with Gasteiger partial charge in [-0.25, -0.2) is 4.68 Å². The predicted molar refractivity (Wildman–Crippen MR) is 73.2 cm³/mol. The molecule has 0 spiro atoms. The minimum Gasteiger partial charge on any atom is -0.326 e. The van der Waals surface area contributed by atoms with Gasteiger partial charge in [0.25, 0.3) is 0 Å². The van der Waals surface area contributed by atoms with Gasteiger partial charge in [0.2, 0.25) is 0 Å². The monoisotopic (exact) mass is 261 g/mol. The normalized spacial score (nSPS) is 15.1. The molecule has 0 amide bonds. The van der Waals surface area contributed by atoms with Crippen LogP contribution in [0.25, 0.3) is 5.69 Å². The smallest absolute Gasteiger partial charge is 0.0664 e. The molecule has 1 aromatic heterocycles. The first-order valence-corrected chi connectivity index (χ1v) is 6.62. The highest BCUT2D eigenvalue weighted by Gasteiger charge is 2.30. The van der Waals surface area contributed by atoms with E-state index >= 15 is 0 Å². The third-order valence-corrected chi connectivity index (χ3v) is 3.88. The molecule has 1 aliphatic rings. The Morgan fingerprint density at radius 3 is 2.83 bits per heavy atom. The molecular weight excluding hydrogens is 246 g/mol.